The third-order valence-electron chi connectivity index (χ3n) is 5.31. The van der Waals surface area contributed by atoms with E-state index in [1.807, 2.05) is 29.9 Å². The largest absolute Gasteiger partial charge is 0.308 e. The molecule has 7 nitrogen and oxygen atoms in total. The minimum atomic E-state index is -0.201. The minimum Gasteiger partial charge on any atom is -0.308 e. The number of nitrogens with one attached hydrogen (secondary N) is 1. The lowest BCUT2D eigenvalue weighted by atomic mass is 9.98. The van der Waals surface area contributed by atoms with E-state index in [9.17, 15) is 4.79 Å². The number of rotatable bonds is 5. The van der Waals surface area contributed by atoms with Gasteiger partial charge in [0.25, 0.3) is 5.56 Å². The highest BCUT2D eigenvalue weighted by molar-refractivity contribution is 7.10. The molecule has 8 heteroatoms. The number of aryl methyl sites for hydroxylation is 1. The molecule has 0 spiro atoms. The number of aromatic nitrogens is 5. The highest BCUT2D eigenvalue weighted by atomic mass is 32.1. The Morgan fingerprint density at radius 1 is 1.41 bits per heavy atom. The summed E-state index contributed by atoms with van der Waals surface area (Å²) in [6.45, 7) is 10.2. The fourth-order valence-corrected chi connectivity index (χ4v) is 4.68. The summed E-state index contributed by atoms with van der Waals surface area (Å²) in [5.41, 5.74) is 2.12. The standard InChI is InChI=1S/C19H26N6OS/c1-12(2)17-20-18-16(19(26)21-17)22-23-25(18)10-14-5-4-7-24(9-14)11-15-13(3)6-8-27-15/h6,8,12,14H,4-5,7,9-11H2,1-3H3,(H,20,21,26)/t14-/m1/s1. The van der Waals surface area contributed by atoms with Gasteiger partial charge >= 0.3 is 0 Å². The molecule has 4 heterocycles. The van der Waals surface area contributed by atoms with Crippen molar-refractivity contribution in [3.63, 3.8) is 0 Å². The maximum Gasteiger partial charge on any atom is 0.281 e. The van der Waals surface area contributed by atoms with Crippen LogP contribution in [-0.4, -0.2) is 43.0 Å². The molecular formula is C19H26N6OS. The maximum atomic E-state index is 12.3. The summed E-state index contributed by atoms with van der Waals surface area (Å²) in [5.74, 6) is 1.34. The third kappa shape index (κ3) is 3.82. The molecule has 0 amide bonds. The van der Waals surface area contributed by atoms with Crippen molar-refractivity contribution in [2.24, 2.45) is 5.92 Å². The molecule has 1 aliphatic rings. The molecule has 27 heavy (non-hydrogen) atoms. The van der Waals surface area contributed by atoms with E-state index >= 15 is 0 Å². The average Bonchev–Trinajstić information content (AvgIpc) is 3.22. The van der Waals surface area contributed by atoms with Gasteiger partial charge in [-0.25, -0.2) is 9.67 Å². The summed E-state index contributed by atoms with van der Waals surface area (Å²) < 4.78 is 1.82. The van der Waals surface area contributed by atoms with E-state index in [0.29, 0.717) is 22.9 Å². The lowest BCUT2D eigenvalue weighted by Crippen LogP contribution is -2.36. The molecule has 0 aromatic carbocycles. The van der Waals surface area contributed by atoms with Gasteiger partial charge in [0.15, 0.2) is 11.2 Å². The molecule has 0 unspecified atom stereocenters. The van der Waals surface area contributed by atoms with Crippen molar-refractivity contribution in [3.8, 4) is 0 Å². The summed E-state index contributed by atoms with van der Waals surface area (Å²) in [7, 11) is 0. The fraction of sp³-hybridized carbons (Fsp3) is 0.579. The molecule has 4 rings (SSSR count). The molecule has 1 aliphatic heterocycles. The molecule has 1 atom stereocenters. The van der Waals surface area contributed by atoms with E-state index in [0.717, 1.165) is 26.2 Å². The SMILES string of the molecule is Cc1ccsc1CN1CCC[C@@H](Cn2nnc3c(=O)[nH]c(C(C)C)nc32)C1. The molecule has 3 aromatic heterocycles. The second kappa shape index (κ2) is 7.52. The molecule has 1 saturated heterocycles. The van der Waals surface area contributed by atoms with Crippen LogP contribution in [-0.2, 0) is 13.1 Å². The Hall–Kier alpha value is -2.06. The Labute approximate surface area is 162 Å². The van der Waals surface area contributed by atoms with Crippen molar-refractivity contribution in [3.05, 3.63) is 38.1 Å². The van der Waals surface area contributed by atoms with Gasteiger partial charge in [-0.1, -0.05) is 19.1 Å². The lowest BCUT2D eigenvalue weighted by molar-refractivity contribution is 0.154. The van der Waals surface area contributed by atoms with Gasteiger partial charge in [-0.3, -0.25) is 9.69 Å². The number of fused-ring (bicyclic) bond motifs is 1. The predicted molar refractivity (Wildman–Crippen MR) is 107 cm³/mol. The minimum absolute atomic E-state index is 0.157. The number of nitrogens with zero attached hydrogens (tertiary/aromatic N) is 5. The first-order valence-corrected chi connectivity index (χ1v) is 10.5. The molecule has 0 aliphatic carbocycles. The highest BCUT2D eigenvalue weighted by Crippen LogP contribution is 2.24. The van der Waals surface area contributed by atoms with Crippen molar-refractivity contribution in [2.75, 3.05) is 13.1 Å². The summed E-state index contributed by atoms with van der Waals surface area (Å²) in [6.07, 6.45) is 2.36. The maximum absolute atomic E-state index is 12.3. The zero-order valence-electron chi connectivity index (χ0n) is 16.1. The molecule has 0 bridgehead atoms. The zero-order chi connectivity index (χ0) is 19.0. The number of likely N-dealkylation sites (tertiary alicyclic amines) is 1. The van der Waals surface area contributed by atoms with E-state index in [-0.39, 0.29) is 11.5 Å². The van der Waals surface area contributed by atoms with Crippen molar-refractivity contribution in [1.82, 2.24) is 29.9 Å². The molecular weight excluding hydrogens is 360 g/mol. The van der Waals surface area contributed by atoms with Gasteiger partial charge < -0.3 is 4.98 Å². The third-order valence-corrected chi connectivity index (χ3v) is 6.32. The van der Waals surface area contributed by atoms with Crippen molar-refractivity contribution < 1.29 is 0 Å². The van der Waals surface area contributed by atoms with E-state index in [1.165, 1.54) is 23.3 Å². The number of H-pyrrole nitrogens is 1. The van der Waals surface area contributed by atoms with Gasteiger partial charge in [-0.2, -0.15) is 0 Å². The summed E-state index contributed by atoms with van der Waals surface area (Å²) in [6, 6.07) is 2.19. The Bertz CT molecular complexity index is 988. The molecule has 0 saturated carbocycles. The Balaban J connectivity index is 1.51. The Kier molecular flexibility index (Phi) is 5.10. The smallest absolute Gasteiger partial charge is 0.281 e. The first-order valence-electron chi connectivity index (χ1n) is 9.60. The van der Waals surface area contributed by atoms with Gasteiger partial charge in [-0.05, 0) is 49.2 Å². The van der Waals surface area contributed by atoms with Crippen molar-refractivity contribution >= 4 is 22.5 Å². The Morgan fingerprint density at radius 2 is 2.26 bits per heavy atom. The number of piperidine rings is 1. The predicted octanol–water partition coefficient (Wildman–Crippen LogP) is 2.92. The van der Waals surface area contributed by atoms with E-state index in [2.05, 4.69) is 43.6 Å². The highest BCUT2D eigenvalue weighted by Gasteiger charge is 2.23. The average molecular weight is 387 g/mol. The number of aromatic amines is 1. The fourth-order valence-electron chi connectivity index (χ4n) is 3.74. The lowest BCUT2D eigenvalue weighted by Gasteiger charge is -2.32. The van der Waals surface area contributed by atoms with Crippen LogP contribution in [0.1, 0.15) is 48.9 Å². The van der Waals surface area contributed by atoms with Crippen LogP contribution in [0, 0.1) is 12.8 Å². The topological polar surface area (TPSA) is 79.7 Å². The normalized spacial score (nSPS) is 18.6. The monoisotopic (exact) mass is 386 g/mol. The molecule has 0 radical (unpaired) electrons. The van der Waals surface area contributed by atoms with Gasteiger partial charge in [0.1, 0.15) is 5.82 Å². The summed E-state index contributed by atoms with van der Waals surface area (Å²) in [4.78, 5) is 23.7. The zero-order valence-corrected chi connectivity index (χ0v) is 16.9. The second-order valence-corrected chi connectivity index (χ2v) is 8.82. The van der Waals surface area contributed by atoms with Crippen molar-refractivity contribution in [2.45, 2.75) is 52.6 Å². The van der Waals surface area contributed by atoms with Gasteiger partial charge in [0, 0.05) is 30.4 Å². The molecule has 144 valence electrons. The Morgan fingerprint density at radius 3 is 3.00 bits per heavy atom. The van der Waals surface area contributed by atoms with Crippen LogP contribution >= 0.6 is 11.3 Å². The van der Waals surface area contributed by atoms with Gasteiger partial charge in [-0.15, -0.1) is 16.4 Å². The number of hydrogen-bond acceptors (Lipinski definition) is 6. The van der Waals surface area contributed by atoms with E-state index < -0.39 is 0 Å². The second-order valence-electron chi connectivity index (χ2n) is 7.82. The van der Waals surface area contributed by atoms with Gasteiger partial charge in [0.2, 0.25) is 0 Å². The first-order chi connectivity index (χ1) is 13.0. The van der Waals surface area contributed by atoms with Crippen LogP contribution in [0.25, 0.3) is 11.2 Å². The number of hydrogen-bond donors (Lipinski definition) is 1. The van der Waals surface area contributed by atoms with Gasteiger partial charge in [0.05, 0.1) is 0 Å². The van der Waals surface area contributed by atoms with Crippen LogP contribution < -0.4 is 5.56 Å². The quantitative estimate of drug-likeness (QED) is 0.729. The number of thiophene rings is 1. The van der Waals surface area contributed by atoms with Crippen LogP contribution in [0.15, 0.2) is 16.2 Å². The first kappa shape index (κ1) is 18.3. The van der Waals surface area contributed by atoms with E-state index in [1.54, 1.807) is 0 Å². The van der Waals surface area contributed by atoms with Crippen LogP contribution in [0.2, 0.25) is 0 Å². The van der Waals surface area contributed by atoms with Crippen LogP contribution in [0.4, 0.5) is 0 Å². The molecule has 3 aromatic rings. The summed E-state index contributed by atoms with van der Waals surface area (Å²) in [5, 5.41) is 10.5. The molecule has 1 N–H and O–H groups in total. The van der Waals surface area contributed by atoms with Crippen molar-refractivity contribution in [1.29, 1.82) is 0 Å². The van der Waals surface area contributed by atoms with E-state index in [4.69, 9.17) is 0 Å². The van der Waals surface area contributed by atoms with Crippen LogP contribution in [0.5, 0.6) is 0 Å². The summed E-state index contributed by atoms with van der Waals surface area (Å²) >= 11 is 1.84. The molecule has 1 fully saturated rings. The van der Waals surface area contributed by atoms with Crippen LogP contribution in [0.3, 0.4) is 0 Å².